The third-order valence-corrected chi connectivity index (χ3v) is 3.90. The molecule has 1 amide bonds. The Morgan fingerprint density at radius 3 is 2.30 bits per heavy atom. The van der Waals surface area contributed by atoms with Crippen LogP contribution < -0.4 is 5.32 Å². The third kappa shape index (κ3) is 2.32. The minimum Gasteiger partial charge on any atom is -0.333 e. The van der Waals surface area contributed by atoms with Gasteiger partial charge in [-0.3, -0.25) is 9.69 Å². The summed E-state index contributed by atoms with van der Waals surface area (Å²) in [5.74, 6) is 0.0762. The van der Waals surface area contributed by atoms with Crippen molar-refractivity contribution in [3.05, 3.63) is 71.8 Å². The van der Waals surface area contributed by atoms with Crippen LogP contribution >= 0.6 is 0 Å². The molecule has 1 saturated heterocycles. The third-order valence-electron chi connectivity index (χ3n) is 3.90. The zero-order valence-electron chi connectivity index (χ0n) is 11.5. The second kappa shape index (κ2) is 5.10. The fourth-order valence-electron chi connectivity index (χ4n) is 2.76. The minimum atomic E-state index is -0.436. The van der Waals surface area contributed by atoms with E-state index in [2.05, 4.69) is 41.4 Å². The van der Waals surface area contributed by atoms with E-state index >= 15 is 0 Å². The molecule has 0 radical (unpaired) electrons. The number of benzene rings is 2. The number of hydrogen-bond donors (Lipinski definition) is 1. The Morgan fingerprint density at radius 1 is 1.05 bits per heavy atom. The molecule has 0 aliphatic carbocycles. The molecule has 0 aromatic heterocycles. The molecule has 102 valence electrons. The van der Waals surface area contributed by atoms with Crippen LogP contribution in [0.25, 0.3) is 0 Å². The summed E-state index contributed by atoms with van der Waals surface area (Å²) in [4.78, 5) is 14.1. The Morgan fingerprint density at radius 2 is 1.65 bits per heavy atom. The fraction of sp³-hybridized carbons (Fsp3) is 0.235. The Kier molecular flexibility index (Phi) is 3.28. The van der Waals surface area contributed by atoms with E-state index in [1.807, 2.05) is 36.4 Å². The average Bonchev–Trinajstić information content (AvgIpc) is 2.76. The second-order valence-corrected chi connectivity index (χ2v) is 5.33. The van der Waals surface area contributed by atoms with Crippen molar-refractivity contribution in [1.82, 2.24) is 10.2 Å². The summed E-state index contributed by atoms with van der Waals surface area (Å²) in [6.45, 7) is 3.25. The van der Waals surface area contributed by atoms with Crippen LogP contribution in [-0.4, -0.2) is 17.4 Å². The Hall–Kier alpha value is -2.13. The van der Waals surface area contributed by atoms with Gasteiger partial charge in [0.2, 0.25) is 5.91 Å². The summed E-state index contributed by atoms with van der Waals surface area (Å²) in [6, 6.07) is 20.4. The normalized spacial score (nSPS) is 22.8. The Balaban J connectivity index is 1.91. The topological polar surface area (TPSA) is 32.3 Å². The van der Waals surface area contributed by atoms with Crippen LogP contribution in [0.4, 0.5) is 0 Å². The van der Waals surface area contributed by atoms with Crippen molar-refractivity contribution in [1.29, 1.82) is 0 Å². The number of nitrogens with one attached hydrogen (secondary N) is 1. The number of hydrogen-bond acceptors (Lipinski definition) is 2. The molecule has 2 aromatic rings. The average molecular weight is 266 g/mol. The number of carbonyl (C=O) groups excluding carboxylic acids is 1. The van der Waals surface area contributed by atoms with Gasteiger partial charge in [-0.25, -0.2) is 0 Å². The first kappa shape index (κ1) is 12.9. The van der Waals surface area contributed by atoms with Gasteiger partial charge in [-0.15, -0.1) is 0 Å². The molecule has 20 heavy (non-hydrogen) atoms. The van der Waals surface area contributed by atoms with Crippen LogP contribution in [0.5, 0.6) is 0 Å². The number of carbonyl (C=O) groups is 1. The van der Waals surface area contributed by atoms with E-state index in [0.29, 0.717) is 6.54 Å². The lowest BCUT2D eigenvalue weighted by Gasteiger charge is -2.34. The van der Waals surface area contributed by atoms with E-state index in [1.165, 1.54) is 5.56 Å². The minimum absolute atomic E-state index is 0.0762. The largest absolute Gasteiger partial charge is 0.333 e. The summed E-state index contributed by atoms with van der Waals surface area (Å²) >= 11 is 0. The van der Waals surface area contributed by atoms with E-state index < -0.39 is 5.66 Å². The van der Waals surface area contributed by atoms with Gasteiger partial charge in [0.1, 0.15) is 5.66 Å². The van der Waals surface area contributed by atoms with E-state index in [9.17, 15) is 4.79 Å². The highest BCUT2D eigenvalue weighted by atomic mass is 16.2. The molecule has 1 aliphatic heterocycles. The molecular weight excluding hydrogens is 248 g/mol. The molecule has 1 N–H and O–H groups in total. The van der Waals surface area contributed by atoms with Crippen molar-refractivity contribution in [3.63, 3.8) is 0 Å². The second-order valence-electron chi connectivity index (χ2n) is 5.33. The Labute approximate surface area is 119 Å². The van der Waals surface area contributed by atoms with Crippen LogP contribution in [-0.2, 0) is 17.0 Å². The lowest BCUT2D eigenvalue weighted by Crippen LogP contribution is -2.45. The predicted octanol–water partition coefficient (Wildman–Crippen LogP) is 2.49. The van der Waals surface area contributed by atoms with Gasteiger partial charge in [0.15, 0.2) is 0 Å². The molecule has 0 bridgehead atoms. The van der Waals surface area contributed by atoms with Gasteiger partial charge in [0.05, 0.1) is 6.54 Å². The summed E-state index contributed by atoms with van der Waals surface area (Å²) in [6.07, 6.45) is 0. The highest BCUT2D eigenvalue weighted by molar-refractivity contribution is 5.81. The van der Waals surface area contributed by atoms with Crippen LogP contribution in [0.3, 0.4) is 0 Å². The van der Waals surface area contributed by atoms with Gasteiger partial charge >= 0.3 is 0 Å². The number of nitrogens with zero attached hydrogens (tertiary/aromatic N) is 1. The first-order valence-electron chi connectivity index (χ1n) is 6.84. The molecule has 0 saturated carbocycles. The van der Waals surface area contributed by atoms with Crippen LogP contribution in [0.2, 0.25) is 0 Å². The Bertz CT molecular complexity index is 597. The highest BCUT2D eigenvalue weighted by Crippen LogP contribution is 2.30. The summed E-state index contributed by atoms with van der Waals surface area (Å²) in [5.41, 5.74) is 1.89. The van der Waals surface area contributed by atoms with Gasteiger partial charge in [-0.05, 0) is 18.1 Å². The molecule has 1 fully saturated rings. The number of rotatable bonds is 3. The molecule has 1 aliphatic rings. The number of amides is 1. The van der Waals surface area contributed by atoms with E-state index in [-0.39, 0.29) is 5.91 Å². The summed E-state index contributed by atoms with van der Waals surface area (Å²) in [5, 5.41) is 3.10. The maximum atomic E-state index is 11.9. The maximum Gasteiger partial charge on any atom is 0.235 e. The SMILES string of the molecule is CC1(c2ccccc2)NC(=O)CN1Cc1ccccc1. The van der Waals surface area contributed by atoms with Crippen molar-refractivity contribution < 1.29 is 4.79 Å². The van der Waals surface area contributed by atoms with Crippen molar-refractivity contribution in [2.75, 3.05) is 6.54 Å². The molecule has 3 heteroatoms. The summed E-state index contributed by atoms with van der Waals surface area (Å²) in [7, 11) is 0. The smallest absolute Gasteiger partial charge is 0.235 e. The zero-order chi connectivity index (χ0) is 14.0. The van der Waals surface area contributed by atoms with E-state index in [0.717, 1.165) is 12.1 Å². The quantitative estimate of drug-likeness (QED) is 0.925. The summed E-state index contributed by atoms with van der Waals surface area (Å²) < 4.78 is 0. The molecule has 1 unspecified atom stereocenters. The van der Waals surface area contributed by atoms with E-state index in [4.69, 9.17) is 0 Å². The molecular formula is C17H18N2O. The van der Waals surface area contributed by atoms with Crippen molar-refractivity contribution in [2.45, 2.75) is 19.1 Å². The maximum absolute atomic E-state index is 11.9. The van der Waals surface area contributed by atoms with Crippen molar-refractivity contribution >= 4 is 5.91 Å². The first-order valence-corrected chi connectivity index (χ1v) is 6.84. The zero-order valence-corrected chi connectivity index (χ0v) is 11.5. The first-order chi connectivity index (χ1) is 9.68. The van der Waals surface area contributed by atoms with E-state index in [1.54, 1.807) is 0 Å². The van der Waals surface area contributed by atoms with Crippen LogP contribution in [0.15, 0.2) is 60.7 Å². The van der Waals surface area contributed by atoms with Crippen molar-refractivity contribution in [2.24, 2.45) is 0 Å². The molecule has 1 heterocycles. The van der Waals surface area contributed by atoms with Gasteiger partial charge in [-0.1, -0.05) is 60.7 Å². The fourth-order valence-corrected chi connectivity index (χ4v) is 2.76. The molecule has 1 atom stereocenters. The van der Waals surface area contributed by atoms with Gasteiger partial charge in [0.25, 0.3) is 0 Å². The highest BCUT2D eigenvalue weighted by Gasteiger charge is 2.41. The van der Waals surface area contributed by atoms with Crippen LogP contribution in [0, 0.1) is 0 Å². The van der Waals surface area contributed by atoms with Gasteiger partial charge in [0, 0.05) is 6.54 Å². The molecule has 0 spiro atoms. The van der Waals surface area contributed by atoms with Crippen molar-refractivity contribution in [3.8, 4) is 0 Å². The monoisotopic (exact) mass is 266 g/mol. The van der Waals surface area contributed by atoms with Gasteiger partial charge < -0.3 is 5.32 Å². The van der Waals surface area contributed by atoms with Gasteiger partial charge in [-0.2, -0.15) is 0 Å². The lowest BCUT2D eigenvalue weighted by molar-refractivity contribution is -0.118. The molecule has 3 nitrogen and oxygen atoms in total. The standard InChI is InChI=1S/C17H18N2O/c1-17(15-10-6-3-7-11-15)18-16(20)13-19(17)12-14-8-4-2-5-9-14/h2-11H,12-13H2,1H3,(H,18,20). The van der Waals surface area contributed by atoms with Crippen LogP contribution in [0.1, 0.15) is 18.1 Å². The predicted molar refractivity (Wildman–Crippen MR) is 78.8 cm³/mol. The lowest BCUT2D eigenvalue weighted by atomic mass is 10.0. The molecule has 3 rings (SSSR count). The molecule has 2 aromatic carbocycles.